The molecule has 0 amide bonds. The van der Waals surface area contributed by atoms with Gasteiger partial charge in [-0.05, 0) is 43.0 Å². The number of fused-ring (bicyclic) bond motifs is 3. The van der Waals surface area contributed by atoms with Gasteiger partial charge in [0.2, 0.25) is 0 Å². The first-order chi connectivity index (χ1) is 8.66. The van der Waals surface area contributed by atoms with Gasteiger partial charge in [-0.1, -0.05) is 24.6 Å². The Morgan fingerprint density at radius 1 is 1.39 bits per heavy atom. The molecule has 2 aromatic rings. The van der Waals surface area contributed by atoms with Crippen LogP contribution in [0.15, 0.2) is 30.5 Å². The summed E-state index contributed by atoms with van der Waals surface area (Å²) in [6, 6.07) is 6.02. The number of nitrogens with two attached hydrogens (primary N) is 1. The number of halogens is 1. The van der Waals surface area contributed by atoms with Crippen molar-refractivity contribution in [2.45, 2.75) is 31.6 Å². The van der Waals surface area contributed by atoms with Gasteiger partial charge in [0.05, 0.1) is 0 Å². The molecule has 0 fully saturated rings. The van der Waals surface area contributed by atoms with Crippen LogP contribution in [0.5, 0.6) is 0 Å². The van der Waals surface area contributed by atoms with Crippen LogP contribution in [0.25, 0.3) is 10.9 Å². The van der Waals surface area contributed by atoms with E-state index in [9.17, 15) is 0 Å². The monoisotopic (exact) mass is 260 g/mol. The summed E-state index contributed by atoms with van der Waals surface area (Å²) in [6.07, 6.45) is 4.59. The highest BCUT2D eigenvalue weighted by Gasteiger charge is 2.23. The number of hydrogen-bond acceptors (Lipinski definition) is 1. The predicted octanol–water partition coefficient (Wildman–Crippen LogP) is 4.10. The third-order valence-electron chi connectivity index (χ3n) is 3.87. The zero-order chi connectivity index (χ0) is 12.7. The molecule has 0 radical (unpaired) electrons. The molecule has 3 N–H and O–H groups in total. The largest absolute Gasteiger partial charge is 0.402 e. The van der Waals surface area contributed by atoms with Gasteiger partial charge in [0.25, 0.3) is 0 Å². The molecule has 3 rings (SSSR count). The molecule has 0 saturated heterocycles. The lowest BCUT2D eigenvalue weighted by Crippen LogP contribution is -2.09. The van der Waals surface area contributed by atoms with E-state index in [0.717, 1.165) is 29.1 Å². The number of hydrogen-bond donors (Lipinski definition) is 2. The topological polar surface area (TPSA) is 41.8 Å². The summed E-state index contributed by atoms with van der Waals surface area (Å²) in [6.45, 7) is 3.94. The molecule has 1 aliphatic carbocycles. The van der Waals surface area contributed by atoms with Gasteiger partial charge in [-0.25, -0.2) is 0 Å². The molecule has 94 valence electrons. The summed E-state index contributed by atoms with van der Waals surface area (Å²) in [5, 5.41) is 2.03. The Labute approximate surface area is 112 Å². The van der Waals surface area contributed by atoms with Crippen molar-refractivity contribution in [3.8, 4) is 0 Å². The normalized spacial score (nSPS) is 19.5. The number of aromatic nitrogens is 1. The van der Waals surface area contributed by atoms with Crippen LogP contribution in [0.1, 0.15) is 36.4 Å². The Morgan fingerprint density at radius 2 is 2.22 bits per heavy atom. The molecule has 1 atom stereocenters. The third-order valence-corrected chi connectivity index (χ3v) is 4.10. The molecule has 1 unspecified atom stereocenters. The number of benzene rings is 1. The number of H-pyrrole nitrogens is 1. The summed E-state index contributed by atoms with van der Waals surface area (Å²) >= 11 is 6.10. The van der Waals surface area contributed by atoms with Crippen LogP contribution in [-0.2, 0) is 6.42 Å². The summed E-state index contributed by atoms with van der Waals surface area (Å²) < 4.78 is 0. The van der Waals surface area contributed by atoms with Crippen molar-refractivity contribution < 1.29 is 0 Å². The van der Waals surface area contributed by atoms with E-state index in [1.807, 2.05) is 18.2 Å². The second kappa shape index (κ2) is 4.36. The maximum absolute atomic E-state index is 6.10. The Kier molecular flexibility index (Phi) is 2.83. The van der Waals surface area contributed by atoms with E-state index in [2.05, 4.69) is 11.6 Å². The molecule has 0 bridgehead atoms. The number of aryl methyl sites for hydroxylation is 1. The zero-order valence-corrected chi connectivity index (χ0v) is 11.1. The number of rotatable bonds is 1. The van der Waals surface area contributed by atoms with Gasteiger partial charge in [0.15, 0.2) is 0 Å². The van der Waals surface area contributed by atoms with Gasteiger partial charge in [-0.15, -0.1) is 0 Å². The van der Waals surface area contributed by atoms with Gasteiger partial charge < -0.3 is 10.7 Å². The van der Waals surface area contributed by atoms with Crippen molar-refractivity contribution in [2.24, 2.45) is 5.73 Å². The van der Waals surface area contributed by atoms with Gasteiger partial charge >= 0.3 is 0 Å². The van der Waals surface area contributed by atoms with Crippen LogP contribution in [-0.4, -0.2) is 4.98 Å². The van der Waals surface area contributed by atoms with E-state index in [4.69, 9.17) is 17.3 Å². The van der Waals surface area contributed by atoms with Crippen LogP contribution in [0.4, 0.5) is 0 Å². The molecule has 3 heteroatoms. The van der Waals surface area contributed by atoms with Crippen LogP contribution in [0.2, 0.25) is 5.02 Å². The first-order valence-corrected chi connectivity index (χ1v) is 6.79. The SMILES string of the molecule is C=C(N)C1CCCCc2c1[nH]c1ccc(Cl)cc21. The lowest BCUT2D eigenvalue weighted by molar-refractivity contribution is 0.640. The molecule has 0 spiro atoms. The summed E-state index contributed by atoms with van der Waals surface area (Å²) in [5.41, 5.74) is 10.5. The van der Waals surface area contributed by atoms with Crippen LogP contribution in [0, 0.1) is 0 Å². The van der Waals surface area contributed by atoms with Gasteiger partial charge in [-0.3, -0.25) is 0 Å². The second-order valence-corrected chi connectivity index (χ2v) is 5.52. The second-order valence-electron chi connectivity index (χ2n) is 5.08. The van der Waals surface area contributed by atoms with E-state index in [1.165, 1.54) is 29.5 Å². The molecule has 2 nitrogen and oxygen atoms in total. The molecule has 1 aromatic carbocycles. The Balaban J connectivity index is 2.24. The maximum atomic E-state index is 6.10. The van der Waals surface area contributed by atoms with E-state index in [1.54, 1.807) is 0 Å². The fraction of sp³-hybridized carbons (Fsp3) is 0.333. The predicted molar refractivity (Wildman–Crippen MR) is 76.9 cm³/mol. The lowest BCUT2D eigenvalue weighted by Gasteiger charge is -2.14. The van der Waals surface area contributed by atoms with Crippen LogP contribution < -0.4 is 5.73 Å². The fourth-order valence-electron chi connectivity index (χ4n) is 2.97. The first kappa shape index (κ1) is 11.7. The van der Waals surface area contributed by atoms with Crippen molar-refractivity contribution in [1.29, 1.82) is 0 Å². The molecular formula is C15H17ClN2. The van der Waals surface area contributed by atoms with Crippen molar-refractivity contribution >= 4 is 22.5 Å². The zero-order valence-electron chi connectivity index (χ0n) is 10.3. The minimum absolute atomic E-state index is 0.258. The highest BCUT2D eigenvalue weighted by molar-refractivity contribution is 6.31. The Morgan fingerprint density at radius 3 is 3.00 bits per heavy atom. The van der Waals surface area contributed by atoms with Crippen molar-refractivity contribution in [1.82, 2.24) is 4.98 Å². The molecular weight excluding hydrogens is 244 g/mol. The van der Waals surface area contributed by atoms with Crippen LogP contribution >= 0.6 is 11.6 Å². The number of allylic oxidation sites excluding steroid dienone is 1. The molecule has 1 aliphatic rings. The fourth-order valence-corrected chi connectivity index (χ4v) is 3.15. The number of nitrogens with one attached hydrogen (secondary N) is 1. The van der Waals surface area contributed by atoms with Gasteiger partial charge in [-0.2, -0.15) is 0 Å². The Hall–Kier alpha value is -1.41. The van der Waals surface area contributed by atoms with E-state index >= 15 is 0 Å². The minimum atomic E-state index is 0.258. The van der Waals surface area contributed by atoms with Gasteiger partial charge in [0, 0.05) is 33.2 Å². The number of aromatic amines is 1. The van der Waals surface area contributed by atoms with Crippen molar-refractivity contribution in [3.63, 3.8) is 0 Å². The average molecular weight is 261 g/mol. The van der Waals surface area contributed by atoms with Crippen molar-refractivity contribution in [3.05, 3.63) is 46.8 Å². The maximum Gasteiger partial charge on any atom is 0.0460 e. The third kappa shape index (κ3) is 1.81. The highest BCUT2D eigenvalue weighted by Crippen LogP contribution is 2.37. The van der Waals surface area contributed by atoms with Crippen LogP contribution in [0.3, 0.4) is 0 Å². The highest BCUT2D eigenvalue weighted by atomic mass is 35.5. The Bertz CT molecular complexity index is 612. The molecule has 18 heavy (non-hydrogen) atoms. The molecule has 0 aliphatic heterocycles. The van der Waals surface area contributed by atoms with E-state index < -0.39 is 0 Å². The minimum Gasteiger partial charge on any atom is -0.402 e. The summed E-state index contributed by atoms with van der Waals surface area (Å²) in [5.74, 6) is 0.258. The lowest BCUT2D eigenvalue weighted by atomic mass is 9.96. The summed E-state index contributed by atoms with van der Waals surface area (Å²) in [7, 11) is 0. The average Bonchev–Trinajstić information content (AvgIpc) is 2.55. The molecule has 1 heterocycles. The quantitative estimate of drug-likeness (QED) is 0.745. The molecule has 1 aromatic heterocycles. The first-order valence-electron chi connectivity index (χ1n) is 6.41. The standard InChI is InChI=1S/C15H17ClN2/c1-9(17)11-4-2-3-5-12-13-8-10(16)6-7-14(13)18-15(11)12/h6-8,11,18H,1-5,17H2. The smallest absolute Gasteiger partial charge is 0.0460 e. The van der Waals surface area contributed by atoms with E-state index in [0.29, 0.717) is 0 Å². The summed E-state index contributed by atoms with van der Waals surface area (Å²) in [4.78, 5) is 3.52. The van der Waals surface area contributed by atoms with Crippen molar-refractivity contribution in [2.75, 3.05) is 0 Å². The van der Waals surface area contributed by atoms with E-state index in [-0.39, 0.29) is 5.92 Å². The van der Waals surface area contributed by atoms with Gasteiger partial charge in [0.1, 0.15) is 0 Å². The molecule has 0 saturated carbocycles.